The number of methoxy groups -OCH3 is 1. The van der Waals surface area contributed by atoms with Crippen LogP contribution in [0.2, 0.25) is 0 Å². The third-order valence-corrected chi connectivity index (χ3v) is 7.30. The van der Waals surface area contributed by atoms with Crippen molar-refractivity contribution in [2.75, 3.05) is 7.11 Å². The highest BCUT2D eigenvalue weighted by atomic mass is 32.1. The summed E-state index contributed by atoms with van der Waals surface area (Å²) in [4.78, 5) is 14.7. The van der Waals surface area contributed by atoms with Crippen LogP contribution < -0.4 is 10.1 Å². The molecule has 0 unspecified atom stereocenters. The number of nitrogens with one attached hydrogen (secondary N) is 1. The molecule has 4 rings (SSSR count). The van der Waals surface area contributed by atoms with Crippen molar-refractivity contribution in [2.24, 2.45) is 18.9 Å². The Kier molecular flexibility index (Phi) is 5.15. The Hall–Kier alpha value is -2.34. The van der Waals surface area contributed by atoms with Crippen molar-refractivity contribution in [1.82, 2.24) is 15.1 Å². The van der Waals surface area contributed by atoms with Gasteiger partial charge in [0, 0.05) is 24.0 Å². The van der Waals surface area contributed by atoms with Crippen LogP contribution in [0, 0.1) is 11.8 Å². The van der Waals surface area contributed by atoms with Crippen molar-refractivity contribution < 1.29 is 9.53 Å². The van der Waals surface area contributed by atoms with E-state index in [1.807, 2.05) is 42.1 Å². The molecule has 28 heavy (non-hydrogen) atoms. The summed E-state index contributed by atoms with van der Waals surface area (Å²) in [6, 6.07) is 10.1. The molecule has 0 aliphatic heterocycles. The predicted octanol–water partition coefficient (Wildman–Crippen LogP) is 4.86. The maximum Gasteiger partial charge on any atom is 0.261 e. The molecular weight excluding hydrogens is 370 g/mol. The van der Waals surface area contributed by atoms with Gasteiger partial charge in [0.2, 0.25) is 0 Å². The van der Waals surface area contributed by atoms with Gasteiger partial charge in [0.1, 0.15) is 16.3 Å². The second kappa shape index (κ2) is 7.59. The average Bonchev–Trinajstić information content (AvgIpc) is 3.26. The first-order valence-corrected chi connectivity index (χ1v) is 10.7. The Morgan fingerprint density at radius 2 is 2.11 bits per heavy atom. The molecular formula is C22H27N3O2S. The Bertz CT molecular complexity index is 1010. The molecule has 0 radical (unpaired) electrons. The lowest BCUT2D eigenvalue weighted by molar-refractivity contribution is 0.0895. The lowest BCUT2D eigenvalue weighted by Crippen LogP contribution is -2.43. The Morgan fingerprint density at radius 1 is 1.29 bits per heavy atom. The van der Waals surface area contributed by atoms with Gasteiger partial charge in [-0.1, -0.05) is 38.8 Å². The van der Waals surface area contributed by atoms with E-state index in [9.17, 15) is 4.79 Å². The fourth-order valence-electron chi connectivity index (χ4n) is 4.16. The summed E-state index contributed by atoms with van der Waals surface area (Å²) in [5, 5.41) is 8.97. The number of aryl methyl sites for hydroxylation is 1. The number of fused-ring (bicyclic) bond motifs is 1. The number of carbonyl (C=O) groups is 1. The number of rotatable bonds is 4. The molecule has 148 valence electrons. The molecule has 5 nitrogen and oxygen atoms in total. The van der Waals surface area contributed by atoms with Gasteiger partial charge < -0.3 is 10.1 Å². The summed E-state index contributed by atoms with van der Waals surface area (Å²) in [6.07, 6.45) is 3.51. The zero-order valence-corrected chi connectivity index (χ0v) is 17.7. The Morgan fingerprint density at radius 3 is 2.89 bits per heavy atom. The second-order valence-corrected chi connectivity index (χ2v) is 8.91. The van der Waals surface area contributed by atoms with Crippen LogP contribution >= 0.6 is 11.3 Å². The van der Waals surface area contributed by atoms with Gasteiger partial charge in [0.05, 0.1) is 12.0 Å². The number of carbonyl (C=O) groups excluding carboxylic acids is 1. The van der Waals surface area contributed by atoms with E-state index in [2.05, 4.69) is 24.3 Å². The highest BCUT2D eigenvalue weighted by Gasteiger charge is 2.29. The zero-order chi connectivity index (χ0) is 19.8. The maximum atomic E-state index is 12.9. The zero-order valence-electron chi connectivity index (χ0n) is 16.9. The molecule has 3 atom stereocenters. The van der Waals surface area contributed by atoms with Crippen LogP contribution in [0.15, 0.2) is 30.3 Å². The summed E-state index contributed by atoms with van der Waals surface area (Å²) >= 11 is 1.51. The number of aromatic nitrogens is 2. The average molecular weight is 398 g/mol. The molecule has 2 aromatic heterocycles. The number of hydrogen-bond donors (Lipinski definition) is 1. The number of thiophene rings is 1. The van der Waals surface area contributed by atoms with E-state index in [1.54, 1.807) is 7.11 Å². The molecule has 1 saturated carbocycles. The minimum absolute atomic E-state index is 0.0312. The third-order valence-electron chi connectivity index (χ3n) is 6.10. The minimum atomic E-state index is 0.0312. The number of hydrogen-bond acceptors (Lipinski definition) is 4. The van der Waals surface area contributed by atoms with Gasteiger partial charge in [-0.15, -0.1) is 11.3 Å². The number of benzene rings is 1. The molecule has 1 N–H and O–H groups in total. The number of nitrogens with zero attached hydrogens (tertiary/aromatic N) is 2. The van der Waals surface area contributed by atoms with E-state index >= 15 is 0 Å². The Labute approximate surface area is 169 Å². The standard InChI is InChI=1S/C22H27N3O2S/c1-13-7-5-10-18(14(13)2)23-21(26)19-12-17-20(24-25(3)22(17)28-19)15-8-6-9-16(11-15)27-4/h6,8-9,11-14,18H,5,7,10H2,1-4H3,(H,23,26)/t13-,14+,18-/m1/s1. The topological polar surface area (TPSA) is 56.2 Å². The molecule has 1 aromatic carbocycles. The van der Waals surface area contributed by atoms with Crippen LogP contribution in [-0.4, -0.2) is 28.8 Å². The highest BCUT2D eigenvalue weighted by molar-refractivity contribution is 7.20. The summed E-state index contributed by atoms with van der Waals surface area (Å²) in [6.45, 7) is 4.54. The van der Waals surface area contributed by atoms with E-state index in [4.69, 9.17) is 4.74 Å². The first-order valence-electron chi connectivity index (χ1n) is 9.89. The van der Waals surface area contributed by atoms with Gasteiger partial charge >= 0.3 is 0 Å². The summed E-state index contributed by atoms with van der Waals surface area (Å²) in [7, 11) is 3.59. The quantitative estimate of drug-likeness (QED) is 0.684. The van der Waals surface area contributed by atoms with E-state index in [-0.39, 0.29) is 11.9 Å². The van der Waals surface area contributed by atoms with E-state index in [0.29, 0.717) is 11.8 Å². The van der Waals surface area contributed by atoms with Crippen molar-refractivity contribution in [3.05, 3.63) is 35.2 Å². The monoisotopic (exact) mass is 397 g/mol. The molecule has 0 saturated heterocycles. The summed E-state index contributed by atoms with van der Waals surface area (Å²) < 4.78 is 7.20. The summed E-state index contributed by atoms with van der Waals surface area (Å²) in [5.74, 6) is 2.00. The van der Waals surface area contributed by atoms with Crippen LogP contribution in [0.5, 0.6) is 5.75 Å². The smallest absolute Gasteiger partial charge is 0.261 e. The largest absolute Gasteiger partial charge is 0.497 e. The molecule has 1 amide bonds. The fraction of sp³-hybridized carbons (Fsp3) is 0.455. The lowest BCUT2D eigenvalue weighted by Gasteiger charge is -2.34. The summed E-state index contributed by atoms with van der Waals surface area (Å²) in [5.41, 5.74) is 1.87. The van der Waals surface area contributed by atoms with Crippen LogP contribution in [0.3, 0.4) is 0 Å². The van der Waals surface area contributed by atoms with Gasteiger partial charge in [-0.25, -0.2) is 0 Å². The normalized spacial score (nSPS) is 22.4. The van der Waals surface area contributed by atoms with Crippen molar-refractivity contribution >= 4 is 27.5 Å². The number of amides is 1. The molecule has 0 bridgehead atoms. The first kappa shape index (κ1) is 19.0. The van der Waals surface area contributed by atoms with Gasteiger partial charge in [0.25, 0.3) is 5.91 Å². The highest BCUT2D eigenvalue weighted by Crippen LogP contribution is 2.35. The molecule has 3 aromatic rings. The molecule has 1 aliphatic rings. The Balaban J connectivity index is 1.63. The minimum Gasteiger partial charge on any atom is -0.497 e. The van der Waals surface area contributed by atoms with Gasteiger partial charge in [-0.2, -0.15) is 5.10 Å². The molecule has 1 aliphatic carbocycles. The van der Waals surface area contributed by atoms with Gasteiger partial charge in [0.15, 0.2) is 0 Å². The fourth-order valence-corrected chi connectivity index (χ4v) is 5.14. The van der Waals surface area contributed by atoms with Crippen LogP contribution in [0.4, 0.5) is 0 Å². The molecule has 6 heteroatoms. The molecule has 2 heterocycles. The second-order valence-electron chi connectivity index (χ2n) is 7.88. The van der Waals surface area contributed by atoms with Crippen LogP contribution in [0.25, 0.3) is 21.5 Å². The van der Waals surface area contributed by atoms with Crippen LogP contribution in [-0.2, 0) is 7.05 Å². The molecule has 0 spiro atoms. The van der Waals surface area contributed by atoms with E-state index < -0.39 is 0 Å². The van der Waals surface area contributed by atoms with Crippen molar-refractivity contribution in [3.63, 3.8) is 0 Å². The van der Waals surface area contributed by atoms with Gasteiger partial charge in [-0.3, -0.25) is 9.48 Å². The predicted molar refractivity (Wildman–Crippen MR) is 114 cm³/mol. The lowest BCUT2D eigenvalue weighted by atomic mass is 9.78. The maximum absolute atomic E-state index is 12.9. The first-order chi connectivity index (χ1) is 13.5. The van der Waals surface area contributed by atoms with Crippen molar-refractivity contribution in [1.29, 1.82) is 0 Å². The van der Waals surface area contributed by atoms with Gasteiger partial charge in [-0.05, 0) is 36.5 Å². The van der Waals surface area contributed by atoms with Crippen molar-refractivity contribution in [3.8, 4) is 17.0 Å². The SMILES string of the molecule is COc1cccc(-c2nn(C)c3sc(C(=O)N[C@@H]4CCC[C@@H](C)[C@@H]4C)cc23)c1. The third kappa shape index (κ3) is 3.41. The van der Waals surface area contributed by atoms with E-state index in [0.717, 1.165) is 38.5 Å². The number of ether oxygens (including phenoxy) is 1. The van der Waals surface area contributed by atoms with Crippen LogP contribution in [0.1, 0.15) is 42.8 Å². The van der Waals surface area contributed by atoms with E-state index in [1.165, 1.54) is 24.2 Å². The van der Waals surface area contributed by atoms with Crippen molar-refractivity contribution in [2.45, 2.75) is 39.2 Å². The molecule has 1 fully saturated rings.